The third-order valence-electron chi connectivity index (χ3n) is 3.84. The number of ether oxygens (including phenoxy) is 1. The molecule has 0 saturated heterocycles. The van der Waals surface area contributed by atoms with Crippen molar-refractivity contribution in [3.05, 3.63) is 64.5 Å². The fraction of sp³-hybridized carbons (Fsp3) is 0.150. The lowest BCUT2D eigenvalue weighted by atomic mass is 10.1. The number of thiazole rings is 1. The van der Waals surface area contributed by atoms with Gasteiger partial charge in [0.15, 0.2) is 5.13 Å². The van der Waals surface area contributed by atoms with Crippen LogP contribution in [0.25, 0.3) is 11.3 Å². The van der Waals surface area contributed by atoms with Crippen molar-refractivity contribution in [2.24, 2.45) is 5.73 Å². The van der Waals surface area contributed by atoms with Crippen LogP contribution in [0.15, 0.2) is 54.6 Å². The van der Waals surface area contributed by atoms with Crippen molar-refractivity contribution in [2.75, 3.05) is 11.5 Å². The number of benzene rings is 2. The maximum Gasteiger partial charge on any atom is 0.325 e. The predicted molar refractivity (Wildman–Crippen MR) is 111 cm³/mol. The molecule has 3 rings (SSSR count). The van der Waals surface area contributed by atoms with Crippen LogP contribution in [0, 0.1) is 0 Å². The average molecular weight is 416 g/mol. The highest BCUT2D eigenvalue weighted by atomic mass is 35.5. The van der Waals surface area contributed by atoms with Crippen LogP contribution in [-0.2, 0) is 16.0 Å². The first-order chi connectivity index (χ1) is 13.5. The molecular weight excluding hydrogens is 398 g/mol. The molecule has 2 amide bonds. The van der Waals surface area contributed by atoms with E-state index < -0.39 is 6.03 Å². The Balaban J connectivity index is 2.08. The normalized spacial score (nSPS) is 10.5. The standard InChI is InChI=1S/C20H18ClN3O3S/c1-2-27-17(25)12-16-18(13-8-10-14(21)11-9-13)23-20(28-16)24(19(22)26)15-6-4-3-5-7-15/h3-11H,2,12H2,1H3,(H2,22,26). The molecule has 0 unspecified atom stereocenters. The molecule has 0 aliphatic carbocycles. The number of aromatic nitrogens is 1. The summed E-state index contributed by atoms with van der Waals surface area (Å²) in [5, 5.41) is 0.970. The van der Waals surface area contributed by atoms with Crippen LogP contribution in [0.1, 0.15) is 11.8 Å². The van der Waals surface area contributed by atoms with Gasteiger partial charge in [0.1, 0.15) is 0 Å². The zero-order chi connectivity index (χ0) is 20.1. The molecule has 0 atom stereocenters. The van der Waals surface area contributed by atoms with Crippen LogP contribution in [0.5, 0.6) is 0 Å². The summed E-state index contributed by atoms with van der Waals surface area (Å²) in [6, 6.07) is 15.4. The van der Waals surface area contributed by atoms with Gasteiger partial charge in [-0.3, -0.25) is 4.79 Å². The summed E-state index contributed by atoms with van der Waals surface area (Å²) in [6.07, 6.45) is 0.0465. The highest BCUT2D eigenvalue weighted by Crippen LogP contribution is 2.37. The fourth-order valence-electron chi connectivity index (χ4n) is 2.64. The van der Waals surface area contributed by atoms with Crippen molar-refractivity contribution in [1.82, 2.24) is 4.98 Å². The number of hydrogen-bond donors (Lipinski definition) is 1. The zero-order valence-electron chi connectivity index (χ0n) is 15.1. The second-order valence-electron chi connectivity index (χ2n) is 5.77. The Morgan fingerprint density at radius 2 is 1.82 bits per heavy atom. The molecule has 0 saturated carbocycles. The largest absolute Gasteiger partial charge is 0.466 e. The number of rotatable bonds is 6. The van der Waals surface area contributed by atoms with Gasteiger partial charge in [0.25, 0.3) is 0 Å². The molecule has 0 aliphatic heterocycles. The van der Waals surface area contributed by atoms with Gasteiger partial charge in [0, 0.05) is 15.5 Å². The molecule has 0 fully saturated rings. The lowest BCUT2D eigenvalue weighted by Crippen LogP contribution is -2.31. The summed E-state index contributed by atoms with van der Waals surface area (Å²) in [4.78, 5) is 30.8. The minimum Gasteiger partial charge on any atom is -0.466 e. The van der Waals surface area contributed by atoms with E-state index in [0.717, 1.165) is 5.56 Å². The van der Waals surface area contributed by atoms with Crippen molar-refractivity contribution < 1.29 is 14.3 Å². The number of para-hydroxylation sites is 1. The van der Waals surface area contributed by atoms with Crippen LogP contribution in [0.4, 0.5) is 15.6 Å². The Labute approximate surface area is 171 Å². The number of urea groups is 1. The quantitative estimate of drug-likeness (QED) is 0.586. The third kappa shape index (κ3) is 4.49. The van der Waals surface area contributed by atoms with Crippen LogP contribution >= 0.6 is 22.9 Å². The molecule has 1 heterocycles. The number of nitrogens with two attached hydrogens (primary N) is 1. The Hall–Kier alpha value is -2.90. The summed E-state index contributed by atoms with van der Waals surface area (Å²) >= 11 is 7.20. The number of anilines is 2. The van der Waals surface area contributed by atoms with E-state index in [1.54, 1.807) is 43.3 Å². The predicted octanol–water partition coefficient (Wildman–Crippen LogP) is 4.79. The van der Waals surface area contributed by atoms with Crippen LogP contribution in [-0.4, -0.2) is 23.6 Å². The molecule has 2 N–H and O–H groups in total. The Kier molecular flexibility index (Phi) is 6.28. The number of carbonyl (C=O) groups excluding carboxylic acids is 2. The van der Waals surface area contributed by atoms with Crippen molar-refractivity contribution >= 4 is 45.8 Å². The zero-order valence-corrected chi connectivity index (χ0v) is 16.7. The summed E-state index contributed by atoms with van der Waals surface area (Å²) in [5.41, 5.74) is 7.57. The van der Waals surface area contributed by atoms with Gasteiger partial charge in [-0.1, -0.05) is 53.3 Å². The third-order valence-corrected chi connectivity index (χ3v) is 5.13. The number of esters is 1. The molecule has 1 aromatic heterocycles. The molecule has 2 aromatic carbocycles. The van der Waals surface area contributed by atoms with Crippen LogP contribution in [0.3, 0.4) is 0 Å². The SMILES string of the molecule is CCOC(=O)Cc1sc(N(C(N)=O)c2ccccc2)nc1-c1ccc(Cl)cc1. The summed E-state index contributed by atoms with van der Waals surface area (Å²) < 4.78 is 5.07. The maximum atomic E-state index is 12.1. The average Bonchev–Trinajstić information content (AvgIpc) is 3.06. The van der Waals surface area contributed by atoms with E-state index in [0.29, 0.717) is 26.4 Å². The second-order valence-corrected chi connectivity index (χ2v) is 7.26. The van der Waals surface area contributed by atoms with E-state index in [2.05, 4.69) is 4.98 Å². The number of primary amides is 1. The van der Waals surface area contributed by atoms with E-state index in [4.69, 9.17) is 22.1 Å². The minimum absolute atomic E-state index is 0.0465. The lowest BCUT2D eigenvalue weighted by molar-refractivity contribution is -0.142. The molecular formula is C20H18ClN3O3S. The number of halogens is 1. The van der Waals surface area contributed by atoms with Gasteiger partial charge in [0.2, 0.25) is 0 Å². The van der Waals surface area contributed by atoms with Crippen molar-refractivity contribution in [1.29, 1.82) is 0 Å². The summed E-state index contributed by atoms with van der Waals surface area (Å²) in [7, 11) is 0. The lowest BCUT2D eigenvalue weighted by Gasteiger charge is -2.16. The van der Waals surface area contributed by atoms with Gasteiger partial charge >= 0.3 is 12.0 Å². The molecule has 6 nitrogen and oxygen atoms in total. The van der Waals surface area contributed by atoms with E-state index in [1.807, 2.05) is 18.2 Å². The Morgan fingerprint density at radius 3 is 2.43 bits per heavy atom. The molecule has 0 radical (unpaired) electrons. The number of hydrogen-bond acceptors (Lipinski definition) is 5. The molecule has 3 aromatic rings. The fourth-order valence-corrected chi connectivity index (χ4v) is 3.86. The first kappa shape index (κ1) is 19.9. The van der Waals surface area contributed by atoms with Gasteiger partial charge in [-0.25, -0.2) is 14.7 Å². The Bertz CT molecular complexity index is 974. The smallest absolute Gasteiger partial charge is 0.325 e. The van der Waals surface area contributed by atoms with E-state index in [1.165, 1.54) is 16.2 Å². The minimum atomic E-state index is -0.662. The maximum absolute atomic E-state index is 12.1. The number of carbonyl (C=O) groups is 2. The molecule has 0 bridgehead atoms. The van der Waals surface area contributed by atoms with Crippen molar-refractivity contribution in [2.45, 2.75) is 13.3 Å². The molecule has 28 heavy (non-hydrogen) atoms. The van der Waals surface area contributed by atoms with Gasteiger partial charge in [0.05, 0.1) is 24.4 Å². The summed E-state index contributed by atoms with van der Waals surface area (Å²) in [6.45, 7) is 2.04. The summed E-state index contributed by atoms with van der Waals surface area (Å²) in [5.74, 6) is -0.363. The van der Waals surface area contributed by atoms with Crippen molar-refractivity contribution in [3.8, 4) is 11.3 Å². The monoisotopic (exact) mass is 415 g/mol. The molecule has 0 aliphatic rings. The van der Waals surface area contributed by atoms with Gasteiger partial charge < -0.3 is 10.5 Å². The molecule has 8 heteroatoms. The number of amides is 2. The van der Waals surface area contributed by atoms with Gasteiger partial charge in [-0.15, -0.1) is 0 Å². The van der Waals surface area contributed by atoms with Crippen LogP contribution in [0.2, 0.25) is 5.02 Å². The molecule has 144 valence electrons. The topological polar surface area (TPSA) is 85.5 Å². The Morgan fingerprint density at radius 1 is 1.14 bits per heavy atom. The second kappa shape index (κ2) is 8.86. The van der Waals surface area contributed by atoms with E-state index in [-0.39, 0.29) is 19.0 Å². The van der Waals surface area contributed by atoms with Gasteiger partial charge in [-0.2, -0.15) is 0 Å². The number of nitrogens with zero attached hydrogens (tertiary/aromatic N) is 2. The highest BCUT2D eigenvalue weighted by molar-refractivity contribution is 7.16. The highest BCUT2D eigenvalue weighted by Gasteiger charge is 2.23. The van der Waals surface area contributed by atoms with Crippen molar-refractivity contribution in [3.63, 3.8) is 0 Å². The van der Waals surface area contributed by atoms with E-state index >= 15 is 0 Å². The van der Waals surface area contributed by atoms with Gasteiger partial charge in [-0.05, 0) is 31.2 Å². The first-order valence-electron chi connectivity index (χ1n) is 8.55. The van der Waals surface area contributed by atoms with Crippen LogP contribution < -0.4 is 10.6 Å². The first-order valence-corrected chi connectivity index (χ1v) is 9.75. The van der Waals surface area contributed by atoms with E-state index in [9.17, 15) is 9.59 Å². The molecule has 0 spiro atoms.